The van der Waals surface area contributed by atoms with Gasteiger partial charge in [0.15, 0.2) is 0 Å². The third-order valence-corrected chi connectivity index (χ3v) is 6.41. The first-order chi connectivity index (χ1) is 19.1. The average molecular weight is 509 g/mol. The van der Waals surface area contributed by atoms with Gasteiger partial charge in [-0.15, -0.1) is 0 Å². The van der Waals surface area contributed by atoms with E-state index in [2.05, 4.69) is 44.2 Å². The largest absolute Gasteiger partial charge is 0.506 e. The van der Waals surface area contributed by atoms with E-state index in [-0.39, 0.29) is 11.5 Å². The highest BCUT2D eigenvalue weighted by atomic mass is 16.3. The number of aromatic nitrogens is 2. The standard InChI is InChI=1S/C33H24N4O2/c38-30-5-1-3-24-11-17-28(36-32(24)30)20-34-26-13-7-22(8-14-26)19-23-9-15-27(16-10-23)35-21-29-18-12-25-4-2-6-31(39)33(25)37-29/h1-18,20-21,38-39H,19H2. The van der Waals surface area contributed by atoms with Crippen LogP contribution in [0.5, 0.6) is 11.5 Å². The van der Waals surface area contributed by atoms with Gasteiger partial charge in [0.2, 0.25) is 0 Å². The number of phenolic OH excluding ortho intramolecular Hbond substituents is 2. The van der Waals surface area contributed by atoms with Crippen LogP contribution >= 0.6 is 0 Å². The number of hydrogen-bond donors (Lipinski definition) is 2. The third kappa shape index (κ3) is 5.50. The first-order valence-electron chi connectivity index (χ1n) is 12.5. The lowest BCUT2D eigenvalue weighted by molar-refractivity contribution is 0.480. The van der Waals surface area contributed by atoms with Gasteiger partial charge in [0.1, 0.15) is 22.5 Å². The second-order valence-electron chi connectivity index (χ2n) is 9.20. The van der Waals surface area contributed by atoms with Gasteiger partial charge in [-0.25, -0.2) is 9.97 Å². The molecular formula is C33H24N4O2. The van der Waals surface area contributed by atoms with Gasteiger partial charge in [0.05, 0.1) is 35.2 Å². The van der Waals surface area contributed by atoms with E-state index in [9.17, 15) is 10.2 Å². The second-order valence-corrected chi connectivity index (χ2v) is 9.20. The average Bonchev–Trinajstić information content (AvgIpc) is 2.97. The molecule has 0 amide bonds. The van der Waals surface area contributed by atoms with Gasteiger partial charge < -0.3 is 10.2 Å². The van der Waals surface area contributed by atoms with E-state index in [1.54, 1.807) is 36.7 Å². The van der Waals surface area contributed by atoms with Crippen molar-refractivity contribution in [2.75, 3.05) is 0 Å². The molecule has 0 spiro atoms. The summed E-state index contributed by atoms with van der Waals surface area (Å²) in [5, 5.41) is 21.9. The number of pyridine rings is 2. The van der Waals surface area contributed by atoms with Gasteiger partial charge >= 0.3 is 0 Å². The molecule has 2 heterocycles. The summed E-state index contributed by atoms with van der Waals surface area (Å²) < 4.78 is 0. The van der Waals surface area contributed by atoms with E-state index < -0.39 is 0 Å². The van der Waals surface area contributed by atoms with Crippen molar-refractivity contribution in [3.8, 4) is 11.5 Å². The summed E-state index contributed by atoms with van der Waals surface area (Å²) in [6.45, 7) is 0. The molecule has 2 aromatic heterocycles. The summed E-state index contributed by atoms with van der Waals surface area (Å²) in [4.78, 5) is 18.1. The molecule has 2 N–H and O–H groups in total. The Bertz CT molecular complexity index is 1710. The fourth-order valence-electron chi connectivity index (χ4n) is 4.35. The second kappa shape index (κ2) is 10.6. The molecule has 0 aliphatic carbocycles. The first-order valence-corrected chi connectivity index (χ1v) is 12.5. The van der Waals surface area contributed by atoms with Gasteiger partial charge in [-0.1, -0.05) is 60.7 Å². The maximum absolute atomic E-state index is 10.0. The SMILES string of the molecule is Oc1cccc2ccc(C=Nc3ccc(Cc4ccc(N=Cc5ccc6cccc(O)c6n5)cc4)cc3)nc12. The third-order valence-electron chi connectivity index (χ3n) is 6.41. The Labute approximate surface area is 225 Å². The van der Waals surface area contributed by atoms with E-state index in [1.807, 2.05) is 60.7 Å². The van der Waals surface area contributed by atoms with Crippen LogP contribution in [0, 0.1) is 0 Å². The van der Waals surface area contributed by atoms with Crippen LogP contribution in [0.1, 0.15) is 22.5 Å². The monoisotopic (exact) mass is 508 g/mol. The van der Waals surface area contributed by atoms with Crippen LogP contribution in [0.3, 0.4) is 0 Å². The van der Waals surface area contributed by atoms with Crippen molar-refractivity contribution in [1.82, 2.24) is 9.97 Å². The minimum absolute atomic E-state index is 0.162. The molecular weight excluding hydrogens is 484 g/mol. The Balaban J connectivity index is 1.09. The summed E-state index contributed by atoms with van der Waals surface area (Å²) in [6.07, 6.45) is 4.21. The van der Waals surface area contributed by atoms with Crippen LogP contribution in [-0.4, -0.2) is 32.6 Å². The van der Waals surface area contributed by atoms with E-state index >= 15 is 0 Å². The molecule has 0 atom stereocenters. The van der Waals surface area contributed by atoms with E-state index in [1.165, 1.54) is 11.1 Å². The molecule has 188 valence electrons. The number of hydrogen-bond acceptors (Lipinski definition) is 6. The van der Waals surface area contributed by atoms with Crippen LogP contribution in [0.4, 0.5) is 11.4 Å². The van der Waals surface area contributed by atoms with Crippen LogP contribution in [0.25, 0.3) is 21.8 Å². The number of nitrogens with zero attached hydrogens (tertiary/aromatic N) is 4. The zero-order valence-electron chi connectivity index (χ0n) is 20.9. The normalized spacial score (nSPS) is 11.7. The minimum atomic E-state index is 0.162. The Hall–Kier alpha value is -5.36. The summed E-state index contributed by atoms with van der Waals surface area (Å²) in [5.74, 6) is 0.324. The fraction of sp³-hybridized carbons (Fsp3) is 0.0303. The van der Waals surface area contributed by atoms with Crippen molar-refractivity contribution in [3.63, 3.8) is 0 Å². The summed E-state index contributed by atoms with van der Waals surface area (Å²) in [5.41, 5.74) is 6.53. The predicted molar refractivity (Wildman–Crippen MR) is 157 cm³/mol. The molecule has 0 bridgehead atoms. The van der Waals surface area contributed by atoms with E-state index in [4.69, 9.17) is 0 Å². The molecule has 0 fully saturated rings. The smallest absolute Gasteiger partial charge is 0.141 e. The van der Waals surface area contributed by atoms with Crippen molar-refractivity contribution in [3.05, 3.63) is 132 Å². The Morgan fingerprint density at radius 3 is 1.38 bits per heavy atom. The molecule has 0 saturated carbocycles. The first kappa shape index (κ1) is 24.0. The molecule has 6 nitrogen and oxygen atoms in total. The maximum atomic E-state index is 10.0. The fourth-order valence-corrected chi connectivity index (χ4v) is 4.35. The van der Waals surface area contributed by atoms with Crippen molar-refractivity contribution >= 4 is 45.6 Å². The van der Waals surface area contributed by atoms with Crippen molar-refractivity contribution < 1.29 is 10.2 Å². The van der Waals surface area contributed by atoms with Gasteiger partial charge in [0.25, 0.3) is 0 Å². The lowest BCUT2D eigenvalue weighted by Gasteiger charge is -2.04. The number of para-hydroxylation sites is 2. The maximum Gasteiger partial charge on any atom is 0.141 e. The van der Waals surface area contributed by atoms with Crippen molar-refractivity contribution in [2.24, 2.45) is 9.98 Å². The number of aliphatic imine (C=N–C) groups is 2. The van der Waals surface area contributed by atoms with E-state index in [0.29, 0.717) is 22.4 Å². The number of phenols is 2. The molecule has 39 heavy (non-hydrogen) atoms. The molecule has 0 radical (unpaired) electrons. The highest BCUT2D eigenvalue weighted by Gasteiger charge is 2.03. The van der Waals surface area contributed by atoms with Crippen molar-refractivity contribution in [1.29, 1.82) is 0 Å². The van der Waals surface area contributed by atoms with Gasteiger partial charge in [-0.05, 0) is 66.1 Å². The molecule has 0 aliphatic heterocycles. The Morgan fingerprint density at radius 1 is 0.513 bits per heavy atom. The Morgan fingerprint density at radius 2 is 0.949 bits per heavy atom. The highest BCUT2D eigenvalue weighted by Crippen LogP contribution is 2.24. The predicted octanol–water partition coefficient (Wildman–Crippen LogP) is 7.29. The van der Waals surface area contributed by atoms with Gasteiger partial charge in [-0.2, -0.15) is 0 Å². The topological polar surface area (TPSA) is 91.0 Å². The zero-order valence-corrected chi connectivity index (χ0v) is 20.9. The van der Waals surface area contributed by atoms with Gasteiger partial charge in [-0.3, -0.25) is 9.98 Å². The summed E-state index contributed by atoms with van der Waals surface area (Å²) >= 11 is 0. The lowest BCUT2D eigenvalue weighted by atomic mass is 10.0. The van der Waals surface area contributed by atoms with E-state index in [0.717, 1.165) is 28.6 Å². The summed E-state index contributed by atoms with van der Waals surface area (Å²) in [6, 6.07) is 34.5. The molecule has 0 aliphatic rings. The quantitative estimate of drug-likeness (QED) is 0.231. The number of fused-ring (bicyclic) bond motifs is 2. The van der Waals surface area contributed by atoms with Crippen LogP contribution in [0.15, 0.2) is 119 Å². The van der Waals surface area contributed by atoms with Crippen LogP contribution in [0.2, 0.25) is 0 Å². The molecule has 6 heteroatoms. The van der Waals surface area contributed by atoms with Crippen LogP contribution < -0.4 is 0 Å². The minimum Gasteiger partial charge on any atom is -0.506 e. The molecule has 4 aromatic carbocycles. The molecule has 6 rings (SSSR count). The number of aromatic hydroxyl groups is 2. The molecule has 0 saturated heterocycles. The Kier molecular flexibility index (Phi) is 6.50. The lowest BCUT2D eigenvalue weighted by Crippen LogP contribution is -1.89. The van der Waals surface area contributed by atoms with Crippen LogP contribution in [-0.2, 0) is 6.42 Å². The highest BCUT2D eigenvalue weighted by molar-refractivity contribution is 5.90. The zero-order chi connectivity index (χ0) is 26.6. The molecule has 6 aromatic rings. The number of benzene rings is 4. The van der Waals surface area contributed by atoms with Crippen molar-refractivity contribution in [2.45, 2.75) is 6.42 Å². The van der Waals surface area contributed by atoms with Gasteiger partial charge in [0, 0.05) is 10.8 Å². The number of rotatable bonds is 6. The summed E-state index contributed by atoms with van der Waals surface area (Å²) in [7, 11) is 0. The molecule has 0 unspecified atom stereocenters.